The van der Waals surface area contributed by atoms with Crippen LogP contribution >= 0.6 is 11.8 Å². The molecule has 0 bridgehead atoms. The van der Waals surface area contributed by atoms with Crippen LogP contribution in [0.3, 0.4) is 0 Å². The maximum absolute atomic E-state index is 8.90. The van der Waals surface area contributed by atoms with Crippen molar-refractivity contribution in [2.45, 2.75) is 49.0 Å². The average molecular weight is 223 g/mol. The van der Waals surface area contributed by atoms with E-state index in [1.807, 2.05) is 23.9 Å². The van der Waals surface area contributed by atoms with Gasteiger partial charge in [-0.3, -0.25) is 0 Å². The Morgan fingerprint density at radius 3 is 2.67 bits per heavy atom. The zero-order valence-electron chi connectivity index (χ0n) is 8.85. The third kappa shape index (κ3) is 3.21. The molecule has 15 heavy (non-hydrogen) atoms. The SMILES string of the molecule is OCc1ccc(SC2CCCCC2)nc1. The maximum atomic E-state index is 8.90. The molecule has 0 radical (unpaired) electrons. The zero-order chi connectivity index (χ0) is 10.5. The van der Waals surface area contributed by atoms with Crippen LogP contribution in [0.1, 0.15) is 37.7 Å². The van der Waals surface area contributed by atoms with Crippen molar-refractivity contribution in [2.24, 2.45) is 0 Å². The highest BCUT2D eigenvalue weighted by Gasteiger charge is 2.14. The Bertz CT molecular complexity index is 293. The first kappa shape index (κ1) is 11.0. The quantitative estimate of drug-likeness (QED) is 0.855. The van der Waals surface area contributed by atoms with Crippen LogP contribution in [-0.2, 0) is 6.61 Å². The van der Waals surface area contributed by atoms with E-state index in [4.69, 9.17) is 5.11 Å². The molecule has 0 aliphatic heterocycles. The van der Waals surface area contributed by atoms with Gasteiger partial charge in [-0.25, -0.2) is 4.98 Å². The molecule has 1 aliphatic rings. The number of rotatable bonds is 3. The lowest BCUT2D eigenvalue weighted by molar-refractivity contribution is 0.281. The molecular formula is C12H17NOS. The number of aliphatic hydroxyl groups excluding tert-OH is 1. The molecule has 0 saturated heterocycles. The Morgan fingerprint density at radius 1 is 1.27 bits per heavy atom. The van der Waals surface area contributed by atoms with Crippen LogP contribution in [0.15, 0.2) is 23.4 Å². The highest BCUT2D eigenvalue weighted by Crippen LogP contribution is 2.32. The maximum Gasteiger partial charge on any atom is 0.0962 e. The minimum Gasteiger partial charge on any atom is -0.392 e. The Morgan fingerprint density at radius 2 is 2.07 bits per heavy atom. The largest absolute Gasteiger partial charge is 0.392 e. The van der Waals surface area contributed by atoms with Crippen LogP contribution in [-0.4, -0.2) is 15.3 Å². The molecule has 1 aliphatic carbocycles. The van der Waals surface area contributed by atoms with Crippen molar-refractivity contribution in [3.05, 3.63) is 23.9 Å². The van der Waals surface area contributed by atoms with Crippen molar-refractivity contribution in [1.82, 2.24) is 4.98 Å². The summed E-state index contributed by atoms with van der Waals surface area (Å²) in [5.41, 5.74) is 0.892. The van der Waals surface area contributed by atoms with E-state index in [1.165, 1.54) is 32.1 Å². The summed E-state index contributed by atoms with van der Waals surface area (Å²) in [6.07, 6.45) is 8.56. The van der Waals surface area contributed by atoms with Gasteiger partial charge in [-0.1, -0.05) is 25.3 Å². The van der Waals surface area contributed by atoms with Crippen molar-refractivity contribution >= 4 is 11.8 Å². The molecule has 1 aromatic heterocycles. The number of aliphatic hydroxyl groups is 1. The lowest BCUT2D eigenvalue weighted by Gasteiger charge is -2.20. The fourth-order valence-corrected chi connectivity index (χ4v) is 3.10. The first-order valence-corrected chi connectivity index (χ1v) is 6.49. The number of hydrogen-bond donors (Lipinski definition) is 1. The van der Waals surface area contributed by atoms with Gasteiger partial charge in [0.2, 0.25) is 0 Å². The van der Waals surface area contributed by atoms with Gasteiger partial charge < -0.3 is 5.11 Å². The van der Waals surface area contributed by atoms with Crippen molar-refractivity contribution < 1.29 is 5.11 Å². The van der Waals surface area contributed by atoms with Crippen molar-refractivity contribution in [3.8, 4) is 0 Å². The summed E-state index contributed by atoms with van der Waals surface area (Å²) in [5, 5.41) is 10.8. The monoisotopic (exact) mass is 223 g/mol. The molecule has 0 spiro atoms. The van der Waals surface area contributed by atoms with Crippen LogP contribution < -0.4 is 0 Å². The van der Waals surface area contributed by atoms with Crippen LogP contribution in [0, 0.1) is 0 Å². The fourth-order valence-electron chi connectivity index (χ4n) is 1.93. The second-order valence-electron chi connectivity index (χ2n) is 4.04. The van der Waals surface area contributed by atoms with Gasteiger partial charge >= 0.3 is 0 Å². The molecule has 1 heterocycles. The third-order valence-electron chi connectivity index (χ3n) is 2.82. The molecule has 2 rings (SSSR count). The second kappa shape index (κ2) is 5.52. The number of aromatic nitrogens is 1. The zero-order valence-corrected chi connectivity index (χ0v) is 9.67. The van der Waals surface area contributed by atoms with Crippen LogP contribution in [0.2, 0.25) is 0 Å². The van der Waals surface area contributed by atoms with E-state index in [2.05, 4.69) is 4.98 Å². The molecule has 3 heteroatoms. The third-order valence-corrected chi connectivity index (χ3v) is 4.11. The molecule has 0 amide bonds. The molecule has 0 atom stereocenters. The van der Waals surface area contributed by atoms with Gasteiger partial charge in [0.1, 0.15) is 0 Å². The van der Waals surface area contributed by atoms with E-state index in [0.29, 0.717) is 0 Å². The van der Waals surface area contributed by atoms with Gasteiger partial charge in [0.05, 0.1) is 11.6 Å². The molecule has 1 fully saturated rings. The highest BCUT2D eigenvalue weighted by molar-refractivity contribution is 7.99. The number of pyridine rings is 1. The highest BCUT2D eigenvalue weighted by atomic mass is 32.2. The van der Waals surface area contributed by atoms with E-state index in [0.717, 1.165) is 15.8 Å². The van der Waals surface area contributed by atoms with Crippen LogP contribution in [0.4, 0.5) is 0 Å². The van der Waals surface area contributed by atoms with E-state index in [-0.39, 0.29) is 6.61 Å². The number of nitrogens with zero attached hydrogens (tertiary/aromatic N) is 1. The van der Waals surface area contributed by atoms with E-state index < -0.39 is 0 Å². The number of hydrogen-bond acceptors (Lipinski definition) is 3. The Kier molecular flexibility index (Phi) is 4.03. The fraction of sp³-hybridized carbons (Fsp3) is 0.583. The predicted octanol–water partition coefficient (Wildman–Crippen LogP) is 3.00. The summed E-state index contributed by atoms with van der Waals surface area (Å²) in [7, 11) is 0. The molecule has 1 aromatic rings. The van der Waals surface area contributed by atoms with Crippen LogP contribution in [0.5, 0.6) is 0 Å². The first-order valence-electron chi connectivity index (χ1n) is 5.61. The Labute approximate surface area is 95.1 Å². The molecule has 2 nitrogen and oxygen atoms in total. The normalized spacial score (nSPS) is 17.9. The predicted molar refractivity (Wildman–Crippen MR) is 62.9 cm³/mol. The smallest absolute Gasteiger partial charge is 0.0962 e. The molecule has 1 N–H and O–H groups in total. The lowest BCUT2D eigenvalue weighted by Crippen LogP contribution is -2.07. The molecule has 1 saturated carbocycles. The second-order valence-corrected chi connectivity index (χ2v) is 5.36. The van der Waals surface area contributed by atoms with Gasteiger partial charge in [0.15, 0.2) is 0 Å². The summed E-state index contributed by atoms with van der Waals surface area (Å²) in [6, 6.07) is 3.98. The molecule has 82 valence electrons. The van der Waals surface area contributed by atoms with Gasteiger partial charge in [0.25, 0.3) is 0 Å². The Balaban J connectivity index is 1.91. The summed E-state index contributed by atoms with van der Waals surface area (Å²) < 4.78 is 0. The minimum absolute atomic E-state index is 0.0847. The summed E-state index contributed by atoms with van der Waals surface area (Å²) >= 11 is 1.89. The topological polar surface area (TPSA) is 33.1 Å². The summed E-state index contributed by atoms with van der Waals surface area (Å²) in [4.78, 5) is 4.35. The van der Waals surface area contributed by atoms with E-state index >= 15 is 0 Å². The summed E-state index contributed by atoms with van der Waals surface area (Å²) in [6.45, 7) is 0.0847. The van der Waals surface area contributed by atoms with Crippen LogP contribution in [0.25, 0.3) is 0 Å². The number of thioether (sulfide) groups is 1. The first-order chi connectivity index (χ1) is 7.38. The van der Waals surface area contributed by atoms with Crippen molar-refractivity contribution in [1.29, 1.82) is 0 Å². The summed E-state index contributed by atoms with van der Waals surface area (Å²) in [5.74, 6) is 0. The van der Waals surface area contributed by atoms with Crippen molar-refractivity contribution in [2.75, 3.05) is 0 Å². The van der Waals surface area contributed by atoms with E-state index in [1.54, 1.807) is 6.20 Å². The lowest BCUT2D eigenvalue weighted by atomic mass is 10.0. The Hall–Kier alpha value is -0.540. The standard InChI is InChI=1S/C12H17NOS/c14-9-10-6-7-12(13-8-10)15-11-4-2-1-3-5-11/h6-8,11,14H,1-5,9H2. The van der Waals surface area contributed by atoms with Gasteiger partial charge in [0, 0.05) is 11.4 Å². The van der Waals surface area contributed by atoms with Gasteiger partial charge in [-0.2, -0.15) is 0 Å². The molecular weight excluding hydrogens is 206 g/mol. The average Bonchev–Trinajstić information content (AvgIpc) is 2.31. The van der Waals surface area contributed by atoms with Gasteiger partial charge in [-0.15, -0.1) is 11.8 Å². The van der Waals surface area contributed by atoms with Gasteiger partial charge in [-0.05, 0) is 24.5 Å². The molecule has 0 unspecified atom stereocenters. The molecule has 0 aromatic carbocycles. The van der Waals surface area contributed by atoms with Crippen molar-refractivity contribution in [3.63, 3.8) is 0 Å². The van der Waals surface area contributed by atoms with E-state index in [9.17, 15) is 0 Å². The minimum atomic E-state index is 0.0847.